The molecule has 0 bridgehead atoms. The molecule has 1 amide bonds. The number of piperidine rings is 1. The monoisotopic (exact) mass is 230 g/mol. The first kappa shape index (κ1) is 12.8. The van der Waals surface area contributed by atoms with Crippen LogP contribution in [0.15, 0.2) is 0 Å². The Balaban J connectivity index is 1.93. The van der Waals surface area contributed by atoms with Gasteiger partial charge in [0, 0.05) is 6.54 Å². The standard InChI is InChI=1S/C11H22N2OS/c1-15-10-11(14)12-6-5-9-13-7-3-2-4-8-13/h2-10H2,1H3,(H,12,14). The predicted octanol–water partition coefficient (Wildman–Crippen LogP) is 1.34. The molecule has 88 valence electrons. The summed E-state index contributed by atoms with van der Waals surface area (Å²) < 4.78 is 0. The maximum absolute atomic E-state index is 11.1. The number of nitrogens with one attached hydrogen (secondary N) is 1. The van der Waals surface area contributed by atoms with Crippen LogP contribution >= 0.6 is 11.8 Å². The Morgan fingerprint density at radius 1 is 1.33 bits per heavy atom. The lowest BCUT2D eigenvalue weighted by Crippen LogP contribution is -2.33. The minimum absolute atomic E-state index is 0.168. The van der Waals surface area contributed by atoms with E-state index in [0.717, 1.165) is 19.5 Å². The molecular weight excluding hydrogens is 208 g/mol. The van der Waals surface area contributed by atoms with Crippen LogP contribution in [0.3, 0.4) is 0 Å². The van der Waals surface area contributed by atoms with E-state index in [-0.39, 0.29) is 5.91 Å². The molecule has 1 N–H and O–H groups in total. The summed E-state index contributed by atoms with van der Waals surface area (Å²) in [7, 11) is 0. The summed E-state index contributed by atoms with van der Waals surface area (Å²) in [5.41, 5.74) is 0. The van der Waals surface area contributed by atoms with Gasteiger partial charge in [-0.15, -0.1) is 0 Å². The van der Waals surface area contributed by atoms with Crippen molar-refractivity contribution in [3.05, 3.63) is 0 Å². The van der Waals surface area contributed by atoms with Crippen LogP contribution in [0.5, 0.6) is 0 Å². The predicted molar refractivity (Wildman–Crippen MR) is 66.3 cm³/mol. The van der Waals surface area contributed by atoms with Gasteiger partial charge in [-0.25, -0.2) is 0 Å². The summed E-state index contributed by atoms with van der Waals surface area (Å²) in [6, 6.07) is 0. The van der Waals surface area contributed by atoms with Crippen molar-refractivity contribution < 1.29 is 4.79 Å². The van der Waals surface area contributed by atoms with Crippen LogP contribution in [0.25, 0.3) is 0 Å². The number of rotatable bonds is 6. The first-order chi connectivity index (χ1) is 7.33. The molecule has 0 saturated carbocycles. The van der Waals surface area contributed by atoms with Crippen LogP contribution in [0, 0.1) is 0 Å². The first-order valence-corrected chi connectivity index (χ1v) is 7.20. The van der Waals surface area contributed by atoms with E-state index in [2.05, 4.69) is 10.2 Å². The van der Waals surface area contributed by atoms with E-state index in [1.807, 2.05) is 6.26 Å². The molecular formula is C11H22N2OS. The molecule has 1 heterocycles. The number of carbonyl (C=O) groups is 1. The second kappa shape index (κ2) is 7.99. The molecule has 0 aromatic carbocycles. The molecule has 0 aromatic heterocycles. The first-order valence-electron chi connectivity index (χ1n) is 5.81. The van der Waals surface area contributed by atoms with Gasteiger partial charge in [0.2, 0.25) is 5.91 Å². The van der Waals surface area contributed by atoms with Crippen molar-refractivity contribution in [1.29, 1.82) is 0 Å². The average molecular weight is 230 g/mol. The molecule has 1 fully saturated rings. The molecule has 0 radical (unpaired) electrons. The van der Waals surface area contributed by atoms with Gasteiger partial charge in [0.25, 0.3) is 0 Å². The van der Waals surface area contributed by atoms with E-state index >= 15 is 0 Å². The fraction of sp³-hybridized carbons (Fsp3) is 0.909. The van der Waals surface area contributed by atoms with Crippen molar-refractivity contribution >= 4 is 17.7 Å². The van der Waals surface area contributed by atoms with Gasteiger partial charge in [0.05, 0.1) is 5.75 Å². The highest BCUT2D eigenvalue weighted by Gasteiger charge is 2.08. The van der Waals surface area contributed by atoms with Crippen molar-refractivity contribution in [3.63, 3.8) is 0 Å². The maximum atomic E-state index is 11.1. The lowest BCUT2D eigenvalue weighted by molar-refractivity contribution is -0.118. The second-order valence-corrected chi connectivity index (χ2v) is 4.90. The molecule has 1 saturated heterocycles. The molecule has 0 spiro atoms. The summed E-state index contributed by atoms with van der Waals surface area (Å²) in [6.45, 7) is 4.47. The Bertz CT molecular complexity index is 181. The van der Waals surface area contributed by atoms with E-state index in [4.69, 9.17) is 0 Å². The summed E-state index contributed by atoms with van der Waals surface area (Å²) in [6.07, 6.45) is 7.12. The van der Waals surface area contributed by atoms with Crippen molar-refractivity contribution in [2.75, 3.05) is 38.2 Å². The van der Waals surface area contributed by atoms with Crippen molar-refractivity contribution in [1.82, 2.24) is 10.2 Å². The lowest BCUT2D eigenvalue weighted by atomic mass is 10.1. The van der Waals surface area contributed by atoms with Gasteiger partial charge in [-0.1, -0.05) is 6.42 Å². The van der Waals surface area contributed by atoms with Crippen LogP contribution < -0.4 is 5.32 Å². The molecule has 1 rings (SSSR count). The number of likely N-dealkylation sites (tertiary alicyclic amines) is 1. The SMILES string of the molecule is CSCC(=O)NCCCN1CCCCC1. The minimum atomic E-state index is 0.168. The number of hydrogen-bond acceptors (Lipinski definition) is 3. The van der Waals surface area contributed by atoms with Gasteiger partial charge in [-0.3, -0.25) is 4.79 Å². The largest absolute Gasteiger partial charge is 0.355 e. The van der Waals surface area contributed by atoms with Gasteiger partial charge in [0.1, 0.15) is 0 Å². The van der Waals surface area contributed by atoms with Crippen LogP contribution in [-0.4, -0.2) is 49.0 Å². The molecule has 0 atom stereocenters. The molecule has 1 aliphatic rings. The Morgan fingerprint density at radius 3 is 2.73 bits per heavy atom. The van der Waals surface area contributed by atoms with E-state index in [1.54, 1.807) is 11.8 Å². The number of hydrogen-bond donors (Lipinski definition) is 1. The number of amides is 1. The van der Waals surface area contributed by atoms with Crippen LogP contribution in [0.2, 0.25) is 0 Å². The number of nitrogens with zero attached hydrogens (tertiary/aromatic N) is 1. The molecule has 4 heteroatoms. The molecule has 0 aromatic rings. The summed E-state index contributed by atoms with van der Waals surface area (Å²) in [4.78, 5) is 13.7. The quantitative estimate of drug-likeness (QED) is 0.699. The smallest absolute Gasteiger partial charge is 0.229 e. The summed E-state index contributed by atoms with van der Waals surface area (Å²) >= 11 is 1.57. The zero-order valence-corrected chi connectivity index (χ0v) is 10.4. The molecule has 3 nitrogen and oxygen atoms in total. The van der Waals surface area contributed by atoms with Gasteiger partial charge in [-0.05, 0) is 45.2 Å². The Morgan fingerprint density at radius 2 is 2.07 bits per heavy atom. The van der Waals surface area contributed by atoms with E-state index < -0.39 is 0 Å². The fourth-order valence-electron chi connectivity index (χ4n) is 1.90. The third kappa shape index (κ3) is 6.05. The normalized spacial score (nSPS) is 17.7. The molecule has 0 unspecified atom stereocenters. The Labute approximate surface area is 97.0 Å². The van der Waals surface area contributed by atoms with Crippen LogP contribution in [0.1, 0.15) is 25.7 Å². The molecule has 15 heavy (non-hydrogen) atoms. The number of thioether (sulfide) groups is 1. The summed E-state index contributed by atoms with van der Waals surface area (Å²) in [5, 5.41) is 2.94. The fourth-order valence-corrected chi connectivity index (χ4v) is 2.26. The zero-order valence-electron chi connectivity index (χ0n) is 9.63. The highest BCUT2D eigenvalue weighted by molar-refractivity contribution is 7.99. The maximum Gasteiger partial charge on any atom is 0.229 e. The van der Waals surface area contributed by atoms with Gasteiger partial charge in [0.15, 0.2) is 0 Å². The third-order valence-corrected chi connectivity index (χ3v) is 3.25. The molecule has 0 aliphatic carbocycles. The van der Waals surface area contributed by atoms with Crippen molar-refractivity contribution in [2.24, 2.45) is 0 Å². The van der Waals surface area contributed by atoms with E-state index in [0.29, 0.717) is 5.75 Å². The van der Waals surface area contributed by atoms with Gasteiger partial charge < -0.3 is 10.2 Å². The van der Waals surface area contributed by atoms with Crippen molar-refractivity contribution in [3.8, 4) is 0 Å². The highest BCUT2D eigenvalue weighted by Crippen LogP contribution is 2.08. The van der Waals surface area contributed by atoms with Crippen LogP contribution in [-0.2, 0) is 4.79 Å². The Hall–Kier alpha value is -0.220. The topological polar surface area (TPSA) is 32.3 Å². The second-order valence-electron chi connectivity index (χ2n) is 4.04. The number of carbonyl (C=O) groups excluding carboxylic acids is 1. The van der Waals surface area contributed by atoms with Crippen molar-refractivity contribution in [2.45, 2.75) is 25.7 Å². The zero-order chi connectivity index (χ0) is 10.9. The average Bonchev–Trinajstić information content (AvgIpc) is 2.26. The Kier molecular flexibility index (Phi) is 6.85. The summed E-state index contributed by atoms with van der Waals surface area (Å²) in [5.74, 6) is 0.755. The minimum Gasteiger partial charge on any atom is -0.355 e. The van der Waals surface area contributed by atoms with E-state index in [9.17, 15) is 4.79 Å². The van der Waals surface area contributed by atoms with E-state index in [1.165, 1.54) is 32.4 Å². The lowest BCUT2D eigenvalue weighted by Gasteiger charge is -2.26. The third-order valence-electron chi connectivity index (χ3n) is 2.70. The van der Waals surface area contributed by atoms with Gasteiger partial charge in [-0.2, -0.15) is 11.8 Å². The molecule has 1 aliphatic heterocycles. The van der Waals surface area contributed by atoms with Gasteiger partial charge >= 0.3 is 0 Å². The van der Waals surface area contributed by atoms with Crippen LogP contribution in [0.4, 0.5) is 0 Å². The highest BCUT2D eigenvalue weighted by atomic mass is 32.2.